The van der Waals surface area contributed by atoms with Gasteiger partial charge in [0.25, 0.3) is 5.91 Å². The minimum absolute atomic E-state index is 0.350. The van der Waals surface area contributed by atoms with Crippen LogP contribution in [0.2, 0.25) is 0 Å². The van der Waals surface area contributed by atoms with Crippen LogP contribution in [0.4, 0.5) is 4.39 Å². The number of ketones is 2. The van der Waals surface area contributed by atoms with E-state index < -0.39 is 29.5 Å². The molecule has 2 aliphatic rings. The summed E-state index contributed by atoms with van der Waals surface area (Å²) < 4.78 is 18.9. The third kappa shape index (κ3) is 4.57. The zero-order valence-corrected chi connectivity index (χ0v) is 17.2. The summed E-state index contributed by atoms with van der Waals surface area (Å²) in [6.07, 6.45) is 0.670. The van der Waals surface area contributed by atoms with Crippen molar-refractivity contribution >= 4 is 17.5 Å². The summed E-state index contributed by atoms with van der Waals surface area (Å²) in [5.74, 6) is -3.28. The number of benzene rings is 2. The fourth-order valence-corrected chi connectivity index (χ4v) is 4.33. The molecule has 0 N–H and O–H groups in total. The first-order valence-corrected chi connectivity index (χ1v) is 10.6. The van der Waals surface area contributed by atoms with Gasteiger partial charge >= 0.3 is 0 Å². The molecule has 2 aliphatic heterocycles. The molecule has 6 nitrogen and oxygen atoms in total. The molecule has 2 fully saturated rings. The van der Waals surface area contributed by atoms with E-state index in [2.05, 4.69) is 4.90 Å². The Kier molecular flexibility index (Phi) is 6.53. The standard InChI is InChI=1S/C24H25FN2O4/c25-19-9-7-17(8-10-19)21-20(22(28)18-5-2-1-3-6-18)23(29)24(30)27(21)12-4-11-26-13-15-31-16-14-26/h1-3,5-10,20-21H,4,11-16H2. The molecule has 2 atom stereocenters. The molecule has 0 spiro atoms. The van der Waals surface area contributed by atoms with Gasteiger partial charge < -0.3 is 9.64 Å². The van der Waals surface area contributed by atoms with Gasteiger partial charge in [-0.15, -0.1) is 0 Å². The number of likely N-dealkylation sites (tertiary alicyclic amines) is 1. The molecule has 2 aromatic rings. The van der Waals surface area contributed by atoms with E-state index in [4.69, 9.17) is 4.74 Å². The van der Waals surface area contributed by atoms with Gasteiger partial charge in [0.2, 0.25) is 5.78 Å². The van der Waals surface area contributed by atoms with Crippen LogP contribution in [-0.2, 0) is 14.3 Å². The van der Waals surface area contributed by atoms with Gasteiger partial charge in [0.1, 0.15) is 11.7 Å². The van der Waals surface area contributed by atoms with E-state index in [0.717, 1.165) is 19.6 Å². The average Bonchev–Trinajstić information content (AvgIpc) is 3.05. The normalized spacial score (nSPS) is 22.2. The molecule has 0 saturated carbocycles. The van der Waals surface area contributed by atoms with Gasteiger partial charge in [-0.3, -0.25) is 19.3 Å². The summed E-state index contributed by atoms with van der Waals surface area (Å²) in [5.41, 5.74) is 0.970. The third-order valence-electron chi connectivity index (χ3n) is 5.94. The SMILES string of the molecule is O=C1C(=O)N(CCCN2CCOCC2)C(c2ccc(F)cc2)C1C(=O)c1ccccc1. The quantitative estimate of drug-likeness (QED) is 0.388. The van der Waals surface area contributed by atoms with Crippen molar-refractivity contribution in [2.75, 3.05) is 39.4 Å². The number of morpholine rings is 1. The van der Waals surface area contributed by atoms with Crippen molar-refractivity contribution in [3.63, 3.8) is 0 Å². The van der Waals surface area contributed by atoms with E-state index in [1.807, 2.05) is 0 Å². The molecule has 2 aromatic carbocycles. The highest BCUT2D eigenvalue weighted by atomic mass is 19.1. The van der Waals surface area contributed by atoms with Gasteiger partial charge in [0, 0.05) is 31.7 Å². The Bertz CT molecular complexity index is 942. The van der Waals surface area contributed by atoms with E-state index in [1.165, 1.54) is 17.0 Å². The van der Waals surface area contributed by atoms with Crippen LogP contribution in [0.1, 0.15) is 28.4 Å². The lowest BCUT2D eigenvalue weighted by atomic mass is 9.86. The van der Waals surface area contributed by atoms with Crippen molar-refractivity contribution in [3.8, 4) is 0 Å². The van der Waals surface area contributed by atoms with Crippen molar-refractivity contribution in [3.05, 3.63) is 71.5 Å². The van der Waals surface area contributed by atoms with Crippen molar-refractivity contribution < 1.29 is 23.5 Å². The number of hydrogen-bond acceptors (Lipinski definition) is 5. The van der Waals surface area contributed by atoms with Crippen LogP contribution in [0.25, 0.3) is 0 Å². The predicted octanol–water partition coefficient (Wildman–Crippen LogP) is 2.50. The zero-order chi connectivity index (χ0) is 21.8. The monoisotopic (exact) mass is 424 g/mol. The van der Waals surface area contributed by atoms with E-state index in [0.29, 0.717) is 37.3 Å². The lowest BCUT2D eigenvalue weighted by molar-refractivity contribution is -0.140. The van der Waals surface area contributed by atoms with E-state index in [-0.39, 0.29) is 5.78 Å². The number of ether oxygens (including phenoxy) is 1. The van der Waals surface area contributed by atoms with Gasteiger partial charge in [-0.2, -0.15) is 0 Å². The number of amides is 1. The Morgan fingerprint density at radius 2 is 1.65 bits per heavy atom. The minimum Gasteiger partial charge on any atom is -0.379 e. The Hall–Kier alpha value is -2.90. The second-order valence-corrected chi connectivity index (χ2v) is 7.87. The zero-order valence-electron chi connectivity index (χ0n) is 17.2. The summed E-state index contributed by atoms with van der Waals surface area (Å²) in [5, 5.41) is 0. The van der Waals surface area contributed by atoms with Crippen LogP contribution in [0.15, 0.2) is 54.6 Å². The second-order valence-electron chi connectivity index (χ2n) is 7.87. The van der Waals surface area contributed by atoms with Crippen LogP contribution in [0.3, 0.4) is 0 Å². The van der Waals surface area contributed by atoms with Crippen LogP contribution in [0, 0.1) is 11.7 Å². The van der Waals surface area contributed by atoms with Gasteiger partial charge in [-0.1, -0.05) is 42.5 Å². The highest BCUT2D eigenvalue weighted by Crippen LogP contribution is 2.38. The first kappa shape index (κ1) is 21.3. The maximum absolute atomic E-state index is 13.5. The molecule has 2 unspecified atom stereocenters. The smallest absolute Gasteiger partial charge is 0.291 e. The van der Waals surface area contributed by atoms with Gasteiger partial charge in [-0.05, 0) is 24.1 Å². The molecule has 0 radical (unpaired) electrons. The topological polar surface area (TPSA) is 66.9 Å². The molecule has 0 bridgehead atoms. The Morgan fingerprint density at radius 1 is 0.968 bits per heavy atom. The fourth-order valence-electron chi connectivity index (χ4n) is 4.33. The third-order valence-corrected chi connectivity index (χ3v) is 5.94. The van der Waals surface area contributed by atoms with Crippen LogP contribution in [0.5, 0.6) is 0 Å². The number of nitrogens with zero attached hydrogens (tertiary/aromatic N) is 2. The predicted molar refractivity (Wildman–Crippen MR) is 112 cm³/mol. The first-order chi connectivity index (χ1) is 15.1. The molecule has 162 valence electrons. The molecule has 1 amide bonds. The highest BCUT2D eigenvalue weighted by molar-refractivity contribution is 6.44. The van der Waals surface area contributed by atoms with Crippen molar-refractivity contribution in [2.24, 2.45) is 5.92 Å². The van der Waals surface area contributed by atoms with Gasteiger partial charge in [0.15, 0.2) is 5.78 Å². The maximum atomic E-state index is 13.5. The number of carbonyl (C=O) groups excluding carboxylic acids is 3. The number of rotatable bonds is 7. The van der Waals surface area contributed by atoms with Crippen LogP contribution in [-0.4, -0.2) is 66.7 Å². The maximum Gasteiger partial charge on any atom is 0.291 e. The molecular formula is C24H25FN2O4. The molecule has 2 saturated heterocycles. The summed E-state index contributed by atoms with van der Waals surface area (Å²) in [4.78, 5) is 42.8. The number of hydrogen-bond donors (Lipinski definition) is 0. The van der Waals surface area contributed by atoms with E-state index in [1.54, 1.807) is 42.5 Å². The van der Waals surface area contributed by atoms with Crippen molar-refractivity contribution in [1.82, 2.24) is 9.80 Å². The largest absolute Gasteiger partial charge is 0.379 e. The number of Topliss-reactive ketones (excluding diaryl/α,β-unsaturated/α-hetero) is 2. The molecule has 2 heterocycles. The number of halogens is 1. The molecular weight excluding hydrogens is 399 g/mol. The summed E-state index contributed by atoms with van der Waals surface area (Å²) in [6, 6.07) is 13.5. The number of carbonyl (C=O) groups is 3. The molecule has 0 aromatic heterocycles. The summed E-state index contributed by atoms with van der Waals surface area (Å²) in [7, 11) is 0. The van der Waals surface area contributed by atoms with Crippen LogP contribution >= 0.6 is 0 Å². The Labute approximate surface area is 180 Å². The minimum atomic E-state index is -1.14. The second kappa shape index (κ2) is 9.49. The van der Waals surface area contributed by atoms with Gasteiger partial charge in [0.05, 0.1) is 19.3 Å². The summed E-state index contributed by atoms with van der Waals surface area (Å²) >= 11 is 0. The molecule has 31 heavy (non-hydrogen) atoms. The van der Waals surface area contributed by atoms with E-state index >= 15 is 0 Å². The lowest BCUT2D eigenvalue weighted by Crippen LogP contribution is -2.39. The van der Waals surface area contributed by atoms with Crippen molar-refractivity contribution in [2.45, 2.75) is 12.5 Å². The molecule has 7 heteroatoms. The Balaban J connectivity index is 1.59. The molecule has 4 rings (SSSR count). The Morgan fingerprint density at radius 3 is 2.32 bits per heavy atom. The first-order valence-electron chi connectivity index (χ1n) is 10.6. The fraction of sp³-hybridized carbons (Fsp3) is 0.375. The lowest BCUT2D eigenvalue weighted by Gasteiger charge is -2.30. The molecule has 0 aliphatic carbocycles. The van der Waals surface area contributed by atoms with Crippen LogP contribution < -0.4 is 0 Å². The average molecular weight is 424 g/mol. The highest BCUT2D eigenvalue weighted by Gasteiger charge is 2.51. The summed E-state index contributed by atoms with van der Waals surface area (Å²) in [6.45, 7) is 4.17. The van der Waals surface area contributed by atoms with E-state index in [9.17, 15) is 18.8 Å². The van der Waals surface area contributed by atoms with Gasteiger partial charge in [-0.25, -0.2) is 4.39 Å². The van der Waals surface area contributed by atoms with Crippen molar-refractivity contribution in [1.29, 1.82) is 0 Å².